The molecule has 1 aliphatic rings. The first-order valence-electron chi connectivity index (χ1n) is 4.34. The van der Waals surface area contributed by atoms with Crippen molar-refractivity contribution in [1.82, 2.24) is 4.90 Å². The maximum atomic E-state index is 9.89. The Kier molecular flexibility index (Phi) is 3.49. The molecule has 0 radical (unpaired) electrons. The monoisotopic (exact) mass is 156 g/mol. The Balaban J connectivity index is 2.23. The van der Waals surface area contributed by atoms with Crippen LogP contribution in [0.25, 0.3) is 0 Å². The van der Waals surface area contributed by atoms with Gasteiger partial charge >= 0.3 is 0 Å². The van der Waals surface area contributed by atoms with E-state index in [2.05, 4.69) is 17.1 Å². The normalized spacial score (nSPS) is 26.8. The van der Waals surface area contributed by atoms with Gasteiger partial charge in [0.25, 0.3) is 0 Å². The maximum absolute atomic E-state index is 9.89. The zero-order valence-electron chi connectivity index (χ0n) is 7.12. The average Bonchev–Trinajstić information content (AvgIpc) is 2.03. The van der Waals surface area contributed by atoms with Gasteiger partial charge in [0.05, 0.1) is 6.54 Å². The van der Waals surface area contributed by atoms with Crippen molar-refractivity contribution in [3.63, 3.8) is 0 Å². The van der Waals surface area contributed by atoms with Crippen LogP contribution >= 0.6 is 0 Å². The summed E-state index contributed by atoms with van der Waals surface area (Å²) in [7, 11) is 2.13. The molecule has 1 saturated heterocycles. The lowest BCUT2D eigenvalue weighted by Crippen LogP contribution is -2.36. The maximum Gasteiger partial charge on any atom is 0.0826 e. The molecule has 0 N–H and O–H groups in total. The van der Waals surface area contributed by atoms with E-state index in [1.165, 1.54) is 25.8 Å². The van der Waals surface area contributed by atoms with Gasteiger partial charge in [-0.1, -0.05) is 11.6 Å². The topological polar surface area (TPSA) is 32.7 Å². The van der Waals surface area contributed by atoms with Crippen molar-refractivity contribution >= 4 is 0 Å². The molecule has 1 rings (SSSR count). The van der Waals surface area contributed by atoms with Crippen LogP contribution in [0.15, 0.2) is 5.18 Å². The van der Waals surface area contributed by atoms with E-state index in [9.17, 15) is 4.91 Å². The molecule has 11 heavy (non-hydrogen) atoms. The number of likely N-dealkylation sites (tertiary alicyclic amines) is 1. The van der Waals surface area contributed by atoms with Crippen LogP contribution in [0.3, 0.4) is 0 Å². The number of nitroso groups, excluding NO2 is 1. The average molecular weight is 156 g/mol. The Labute approximate surface area is 67.7 Å². The second kappa shape index (κ2) is 4.44. The van der Waals surface area contributed by atoms with E-state index >= 15 is 0 Å². The fourth-order valence-electron chi connectivity index (χ4n) is 1.71. The van der Waals surface area contributed by atoms with Crippen molar-refractivity contribution in [1.29, 1.82) is 0 Å². The Morgan fingerprint density at radius 3 is 3.00 bits per heavy atom. The summed E-state index contributed by atoms with van der Waals surface area (Å²) in [6, 6.07) is 0.612. The van der Waals surface area contributed by atoms with Gasteiger partial charge in [-0.3, -0.25) is 0 Å². The number of hydrogen-bond donors (Lipinski definition) is 0. The Bertz CT molecular complexity index is 127. The minimum Gasteiger partial charge on any atom is -0.303 e. The predicted octanol–water partition coefficient (Wildman–Crippen LogP) is 1.63. The van der Waals surface area contributed by atoms with Gasteiger partial charge in [0.15, 0.2) is 0 Å². The second-order valence-corrected chi connectivity index (χ2v) is 3.27. The molecule has 0 spiro atoms. The van der Waals surface area contributed by atoms with Gasteiger partial charge in [0, 0.05) is 6.04 Å². The van der Waals surface area contributed by atoms with Gasteiger partial charge in [0.1, 0.15) is 0 Å². The lowest BCUT2D eigenvalue weighted by molar-refractivity contribution is 0.178. The molecule has 64 valence electrons. The fraction of sp³-hybridized carbons (Fsp3) is 1.00. The molecule has 0 aromatic heterocycles. The van der Waals surface area contributed by atoms with E-state index in [4.69, 9.17) is 0 Å². The zero-order valence-corrected chi connectivity index (χ0v) is 7.12. The summed E-state index contributed by atoms with van der Waals surface area (Å²) in [5.74, 6) is 0. The summed E-state index contributed by atoms with van der Waals surface area (Å²) in [5.41, 5.74) is 0. The molecule has 3 nitrogen and oxygen atoms in total. The van der Waals surface area contributed by atoms with E-state index in [1.807, 2.05) is 0 Å². The summed E-state index contributed by atoms with van der Waals surface area (Å²) < 4.78 is 0. The zero-order chi connectivity index (χ0) is 8.10. The Morgan fingerprint density at radius 1 is 1.55 bits per heavy atom. The third-order valence-electron chi connectivity index (χ3n) is 2.48. The summed E-state index contributed by atoms with van der Waals surface area (Å²) in [6.45, 7) is 1.67. The highest BCUT2D eigenvalue weighted by atomic mass is 16.3. The number of nitrogens with zero attached hydrogens (tertiary/aromatic N) is 2. The smallest absolute Gasteiger partial charge is 0.0826 e. The van der Waals surface area contributed by atoms with Crippen molar-refractivity contribution in [3.8, 4) is 0 Å². The first-order valence-corrected chi connectivity index (χ1v) is 4.34. The lowest BCUT2D eigenvalue weighted by atomic mass is 10.0. The molecule has 0 amide bonds. The highest BCUT2D eigenvalue weighted by Gasteiger charge is 2.17. The Hall–Kier alpha value is -0.440. The van der Waals surface area contributed by atoms with Gasteiger partial charge in [0.2, 0.25) is 0 Å². The summed E-state index contributed by atoms with van der Waals surface area (Å²) in [6.07, 6.45) is 4.81. The van der Waals surface area contributed by atoms with Crippen molar-refractivity contribution in [2.75, 3.05) is 20.1 Å². The van der Waals surface area contributed by atoms with Gasteiger partial charge in [-0.25, -0.2) is 0 Å². The lowest BCUT2D eigenvalue weighted by Gasteiger charge is -2.31. The third kappa shape index (κ3) is 2.58. The highest BCUT2D eigenvalue weighted by molar-refractivity contribution is 4.74. The number of rotatable bonds is 3. The van der Waals surface area contributed by atoms with Crippen LogP contribution in [0.4, 0.5) is 0 Å². The van der Waals surface area contributed by atoms with E-state index in [1.54, 1.807) is 0 Å². The molecular formula is C8H16N2O. The molecule has 1 fully saturated rings. The predicted molar refractivity (Wildman–Crippen MR) is 45.5 cm³/mol. The highest BCUT2D eigenvalue weighted by Crippen LogP contribution is 2.17. The standard InChI is InChI=1S/C8H16N2O/c1-10-7-3-2-4-8(10)5-6-9-11/h8H,2-7H2,1H3. The molecule has 0 aromatic rings. The van der Waals surface area contributed by atoms with Crippen LogP contribution in [0.2, 0.25) is 0 Å². The third-order valence-corrected chi connectivity index (χ3v) is 2.48. The molecule has 1 unspecified atom stereocenters. The largest absolute Gasteiger partial charge is 0.303 e. The van der Waals surface area contributed by atoms with E-state index in [0.717, 1.165) is 6.42 Å². The summed E-state index contributed by atoms with van der Waals surface area (Å²) >= 11 is 0. The van der Waals surface area contributed by atoms with Crippen LogP contribution in [0.5, 0.6) is 0 Å². The van der Waals surface area contributed by atoms with Crippen LogP contribution in [0, 0.1) is 4.91 Å². The van der Waals surface area contributed by atoms with Crippen LogP contribution < -0.4 is 0 Å². The first-order chi connectivity index (χ1) is 5.34. The molecule has 1 atom stereocenters. The summed E-state index contributed by atoms with van der Waals surface area (Å²) in [5, 5.41) is 2.89. The van der Waals surface area contributed by atoms with E-state index in [0.29, 0.717) is 12.6 Å². The quantitative estimate of drug-likeness (QED) is 0.582. The Morgan fingerprint density at radius 2 is 2.36 bits per heavy atom. The fourth-order valence-corrected chi connectivity index (χ4v) is 1.71. The van der Waals surface area contributed by atoms with Gasteiger partial charge in [-0.05, 0) is 32.9 Å². The van der Waals surface area contributed by atoms with Crippen molar-refractivity contribution in [3.05, 3.63) is 4.91 Å². The minimum atomic E-state index is 0.481. The van der Waals surface area contributed by atoms with Crippen molar-refractivity contribution < 1.29 is 0 Å². The molecule has 1 heterocycles. The molecule has 1 aliphatic heterocycles. The molecule has 0 aliphatic carbocycles. The van der Waals surface area contributed by atoms with E-state index in [-0.39, 0.29) is 0 Å². The second-order valence-electron chi connectivity index (χ2n) is 3.27. The van der Waals surface area contributed by atoms with Gasteiger partial charge in [-0.15, -0.1) is 0 Å². The van der Waals surface area contributed by atoms with Crippen molar-refractivity contribution in [2.24, 2.45) is 5.18 Å². The summed E-state index contributed by atoms with van der Waals surface area (Å²) in [4.78, 5) is 12.2. The van der Waals surface area contributed by atoms with Crippen LogP contribution in [-0.4, -0.2) is 31.1 Å². The van der Waals surface area contributed by atoms with Crippen LogP contribution in [0.1, 0.15) is 25.7 Å². The molecule has 0 saturated carbocycles. The van der Waals surface area contributed by atoms with E-state index < -0.39 is 0 Å². The number of hydrogen-bond acceptors (Lipinski definition) is 3. The van der Waals surface area contributed by atoms with Gasteiger partial charge < -0.3 is 4.90 Å². The minimum absolute atomic E-state index is 0.481. The number of piperidine rings is 1. The molecule has 3 heteroatoms. The molecule has 0 aromatic carbocycles. The first kappa shape index (κ1) is 8.65. The van der Waals surface area contributed by atoms with Crippen molar-refractivity contribution in [2.45, 2.75) is 31.7 Å². The SMILES string of the molecule is CN1CCCCC1CCN=O. The van der Waals surface area contributed by atoms with Gasteiger partial charge in [-0.2, -0.15) is 4.91 Å². The van der Waals surface area contributed by atoms with Crippen LogP contribution in [-0.2, 0) is 0 Å². The molecule has 0 bridgehead atoms. The molecular weight excluding hydrogens is 140 g/mol.